The number of rotatable bonds is 7. The average Bonchev–Trinajstić information content (AvgIpc) is 2.86. The van der Waals surface area contributed by atoms with Crippen LogP contribution in [0.3, 0.4) is 0 Å². The maximum Gasteiger partial charge on any atom is 0.234 e. The van der Waals surface area contributed by atoms with Crippen LogP contribution in [0.15, 0.2) is 54.6 Å². The number of fused-ring (bicyclic) bond motifs is 1. The topological polar surface area (TPSA) is 71.0 Å². The molecule has 0 aliphatic carbocycles. The van der Waals surface area contributed by atoms with Crippen LogP contribution in [0, 0.1) is 11.8 Å². The highest BCUT2D eigenvalue weighted by atomic mass is 16.6. The molecule has 0 bridgehead atoms. The number of nitrogens with one attached hydrogen (secondary N) is 1. The lowest BCUT2D eigenvalue weighted by molar-refractivity contribution is -0.202. The number of carbonyl (C=O) groups excluding carboxylic acids is 1. The molecule has 2 aliphatic rings. The zero-order chi connectivity index (χ0) is 24.6. The molecule has 186 valence electrons. The first-order chi connectivity index (χ1) is 17.0. The van der Waals surface area contributed by atoms with E-state index in [1.54, 1.807) is 0 Å². The Kier molecular flexibility index (Phi) is 8.95. The highest BCUT2D eigenvalue weighted by molar-refractivity contribution is 5.78. The van der Waals surface area contributed by atoms with E-state index < -0.39 is 0 Å². The van der Waals surface area contributed by atoms with Crippen LogP contribution >= 0.6 is 0 Å². The third-order valence-corrected chi connectivity index (χ3v) is 6.65. The smallest absolute Gasteiger partial charge is 0.234 e. The Bertz CT molecular complexity index is 1010. The van der Waals surface area contributed by atoms with E-state index in [9.17, 15) is 9.90 Å². The number of amides is 1. The van der Waals surface area contributed by atoms with Crippen LogP contribution in [0.4, 0.5) is 0 Å². The van der Waals surface area contributed by atoms with E-state index in [0.717, 1.165) is 36.8 Å². The third-order valence-electron chi connectivity index (χ3n) is 6.65. The van der Waals surface area contributed by atoms with Gasteiger partial charge in [-0.1, -0.05) is 42.2 Å². The van der Waals surface area contributed by atoms with Gasteiger partial charge < -0.3 is 24.8 Å². The van der Waals surface area contributed by atoms with Crippen molar-refractivity contribution in [1.29, 1.82) is 0 Å². The van der Waals surface area contributed by atoms with Gasteiger partial charge in [-0.2, -0.15) is 0 Å². The van der Waals surface area contributed by atoms with E-state index >= 15 is 0 Å². The lowest BCUT2D eigenvalue weighted by atomic mass is 9.88. The first-order valence-corrected chi connectivity index (χ1v) is 12.5. The number of aryl methyl sites for hydroxylation is 1. The van der Waals surface area contributed by atoms with Gasteiger partial charge in [0.05, 0.1) is 43.6 Å². The van der Waals surface area contributed by atoms with Crippen molar-refractivity contribution in [2.24, 2.45) is 0 Å². The van der Waals surface area contributed by atoms with Crippen molar-refractivity contribution < 1.29 is 19.4 Å². The monoisotopic (exact) mass is 476 g/mol. The van der Waals surface area contributed by atoms with Gasteiger partial charge in [0, 0.05) is 11.1 Å². The molecule has 0 radical (unpaired) electrons. The maximum atomic E-state index is 12.5. The number of likely N-dealkylation sites (N-methyl/N-ethyl adjacent to an activating group) is 1. The van der Waals surface area contributed by atoms with Crippen molar-refractivity contribution in [3.05, 3.63) is 71.3 Å². The van der Waals surface area contributed by atoms with Gasteiger partial charge in [-0.3, -0.25) is 4.79 Å². The van der Waals surface area contributed by atoms with Gasteiger partial charge in [-0.25, -0.2) is 0 Å². The maximum absolute atomic E-state index is 12.5. The predicted molar refractivity (Wildman–Crippen MR) is 136 cm³/mol. The zero-order valence-electron chi connectivity index (χ0n) is 20.7. The molecule has 0 saturated carbocycles. The lowest BCUT2D eigenvalue weighted by Gasteiger charge is -2.45. The van der Waals surface area contributed by atoms with Gasteiger partial charge >= 0.3 is 0 Å². The number of hydrogen-bond acceptors (Lipinski definition) is 5. The molecular weight excluding hydrogens is 440 g/mol. The van der Waals surface area contributed by atoms with Gasteiger partial charge in [0.25, 0.3) is 0 Å². The summed E-state index contributed by atoms with van der Waals surface area (Å²) < 4.78 is 12.5. The number of aliphatic hydroxyl groups is 1. The molecule has 4 rings (SSSR count). The third kappa shape index (κ3) is 7.39. The molecular formula is C29H36N2O4. The standard InChI is InChI=1S/C29H36N2O4/c1-31(2)19-29(33)30-25-18-28-27(17-15-24(20-32)34-28)35-26(25)16-14-23-12-10-22(11-13-23)9-8-21-6-4-3-5-7-21/h3-7,10-13,24-28,32H,14-20H2,1-2H3,(H,30,33)/t24-,25+,26+,27-,28-/m0/s1. The van der Waals surface area contributed by atoms with Gasteiger partial charge in [0.1, 0.15) is 0 Å². The Morgan fingerprint density at radius 3 is 2.40 bits per heavy atom. The molecule has 35 heavy (non-hydrogen) atoms. The second kappa shape index (κ2) is 12.3. The molecule has 0 aromatic heterocycles. The van der Waals surface area contributed by atoms with Gasteiger partial charge in [0.15, 0.2) is 0 Å². The Hall–Kier alpha value is -2.69. The summed E-state index contributed by atoms with van der Waals surface area (Å²) in [5.41, 5.74) is 3.21. The Morgan fingerprint density at radius 2 is 1.71 bits per heavy atom. The summed E-state index contributed by atoms with van der Waals surface area (Å²) in [6.45, 7) is 0.360. The summed E-state index contributed by atoms with van der Waals surface area (Å²) >= 11 is 0. The quantitative estimate of drug-likeness (QED) is 0.602. The van der Waals surface area contributed by atoms with Gasteiger partial charge in [0.2, 0.25) is 5.91 Å². The Morgan fingerprint density at radius 1 is 1.00 bits per heavy atom. The normalized spacial score (nSPS) is 25.9. The van der Waals surface area contributed by atoms with Crippen LogP contribution < -0.4 is 5.32 Å². The zero-order valence-corrected chi connectivity index (χ0v) is 20.7. The summed E-state index contributed by atoms with van der Waals surface area (Å²) in [4.78, 5) is 14.4. The largest absolute Gasteiger partial charge is 0.394 e. The number of ether oxygens (including phenoxy) is 2. The lowest BCUT2D eigenvalue weighted by Crippen LogP contribution is -2.58. The molecule has 5 atom stereocenters. The van der Waals surface area contributed by atoms with Crippen molar-refractivity contribution in [2.45, 2.75) is 62.6 Å². The fraction of sp³-hybridized carbons (Fsp3) is 0.483. The molecule has 0 spiro atoms. The number of carbonyl (C=O) groups is 1. The van der Waals surface area contributed by atoms with Crippen molar-refractivity contribution in [2.75, 3.05) is 27.2 Å². The molecule has 2 aromatic carbocycles. The number of hydrogen-bond donors (Lipinski definition) is 2. The predicted octanol–water partition coefficient (Wildman–Crippen LogP) is 2.76. The SMILES string of the molecule is CN(C)CC(=O)N[C@@H]1C[C@@H]2O[C@H](CO)CC[C@@H]2O[C@@H]1CCc1ccc(C#Cc2ccccc2)cc1. The van der Waals surface area contributed by atoms with E-state index in [1.807, 2.05) is 49.3 Å². The van der Waals surface area contributed by atoms with E-state index in [4.69, 9.17) is 9.47 Å². The van der Waals surface area contributed by atoms with Crippen molar-refractivity contribution in [3.8, 4) is 11.8 Å². The molecule has 2 saturated heterocycles. The highest BCUT2D eigenvalue weighted by Gasteiger charge is 2.42. The van der Waals surface area contributed by atoms with Crippen LogP contribution in [0.5, 0.6) is 0 Å². The van der Waals surface area contributed by atoms with Crippen LogP contribution in [-0.2, 0) is 20.7 Å². The minimum absolute atomic E-state index is 0.0112. The molecule has 2 heterocycles. The Labute approximate surface area is 208 Å². The molecule has 2 N–H and O–H groups in total. The summed E-state index contributed by atoms with van der Waals surface area (Å²) in [6.07, 6.45) is 3.76. The minimum atomic E-state index is -0.141. The average molecular weight is 477 g/mol. The summed E-state index contributed by atoms with van der Waals surface area (Å²) in [6, 6.07) is 18.2. The fourth-order valence-electron chi connectivity index (χ4n) is 4.85. The van der Waals surface area contributed by atoms with E-state index in [2.05, 4.69) is 41.4 Å². The molecule has 6 nitrogen and oxygen atoms in total. The van der Waals surface area contributed by atoms with Crippen LogP contribution in [0.25, 0.3) is 0 Å². The summed E-state index contributed by atoms with van der Waals surface area (Å²) in [5.74, 6) is 6.40. The molecule has 2 aromatic rings. The minimum Gasteiger partial charge on any atom is -0.394 e. The molecule has 0 unspecified atom stereocenters. The first kappa shape index (κ1) is 25.4. The van der Waals surface area contributed by atoms with E-state index in [0.29, 0.717) is 13.0 Å². The number of aliphatic hydroxyl groups excluding tert-OH is 1. The van der Waals surface area contributed by atoms with Gasteiger partial charge in [-0.15, -0.1) is 0 Å². The summed E-state index contributed by atoms with van der Waals surface area (Å²) in [5, 5.41) is 12.7. The second-order valence-corrected chi connectivity index (χ2v) is 9.77. The molecule has 1 amide bonds. The fourth-order valence-corrected chi connectivity index (χ4v) is 4.85. The van der Waals surface area contributed by atoms with Crippen molar-refractivity contribution in [3.63, 3.8) is 0 Å². The van der Waals surface area contributed by atoms with Crippen LogP contribution in [-0.4, -0.2) is 73.6 Å². The van der Waals surface area contributed by atoms with Crippen LogP contribution in [0.2, 0.25) is 0 Å². The van der Waals surface area contributed by atoms with Gasteiger partial charge in [-0.05, 0) is 76.0 Å². The number of nitrogens with zero attached hydrogens (tertiary/aromatic N) is 1. The molecule has 2 aliphatic heterocycles. The van der Waals surface area contributed by atoms with Crippen LogP contribution in [0.1, 0.15) is 42.4 Å². The summed E-state index contributed by atoms with van der Waals surface area (Å²) in [7, 11) is 3.77. The molecule has 6 heteroatoms. The molecule has 2 fully saturated rings. The van der Waals surface area contributed by atoms with Crippen molar-refractivity contribution >= 4 is 5.91 Å². The Balaban J connectivity index is 1.38. The highest BCUT2D eigenvalue weighted by Crippen LogP contribution is 2.33. The number of benzene rings is 2. The second-order valence-electron chi connectivity index (χ2n) is 9.77. The van der Waals surface area contributed by atoms with E-state index in [-0.39, 0.29) is 43.0 Å². The first-order valence-electron chi connectivity index (χ1n) is 12.5. The van der Waals surface area contributed by atoms with E-state index in [1.165, 1.54) is 5.56 Å². The van der Waals surface area contributed by atoms with Crippen molar-refractivity contribution in [1.82, 2.24) is 10.2 Å².